The lowest BCUT2D eigenvalue weighted by Gasteiger charge is -2.32. The molecule has 1 aliphatic heterocycles. The first kappa shape index (κ1) is 9.44. The highest BCUT2D eigenvalue weighted by Gasteiger charge is 2.40. The molecular formula is C10H18O3. The Labute approximate surface area is 79.0 Å². The molecule has 1 aliphatic carbocycles. The molecule has 3 nitrogen and oxygen atoms in total. The zero-order valence-corrected chi connectivity index (χ0v) is 8.27. The molecule has 0 radical (unpaired) electrons. The minimum absolute atomic E-state index is 0.00120. The number of epoxide rings is 1. The van der Waals surface area contributed by atoms with Gasteiger partial charge in [-0.05, 0) is 25.7 Å². The van der Waals surface area contributed by atoms with Crippen molar-refractivity contribution >= 4 is 0 Å². The van der Waals surface area contributed by atoms with E-state index in [0.717, 1.165) is 19.3 Å². The van der Waals surface area contributed by atoms with Crippen molar-refractivity contribution in [1.29, 1.82) is 0 Å². The number of hydrogen-bond donors (Lipinski definition) is 1. The largest absolute Gasteiger partial charge is 0.390 e. The maximum absolute atomic E-state index is 9.82. The van der Waals surface area contributed by atoms with Crippen LogP contribution in [0.4, 0.5) is 0 Å². The standard InChI is InChI=1S/C10H18O3/c1-6-4-3-5-8(9(6)11)13-10-7(2)12-10/h6-11H,3-5H2,1-2H3/t6?,7?,8?,9?,10-/m1/s1. The van der Waals surface area contributed by atoms with Crippen LogP contribution in [0.3, 0.4) is 0 Å². The third kappa shape index (κ3) is 2.03. The second kappa shape index (κ2) is 3.56. The Morgan fingerprint density at radius 2 is 2.00 bits per heavy atom. The monoisotopic (exact) mass is 186 g/mol. The van der Waals surface area contributed by atoms with E-state index in [2.05, 4.69) is 6.92 Å². The Morgan fingerprint density at radius 3 is 2.62 bits per heavy atom. The summed E-state index contributed by atoms with van der Waals surface area (Å²) in [6.07, 6.45) is 3.11. The van der Waals surface area contributed by atoms with Crippen LogP contribution in [0.25, 0.3) is 0 Å². The normalized spacial score (nSPS) is 50.5. The number of hydrogen-bond acceptors (Lipinski definition) is 3. The molecule has 0 aromatic heterocycles. The summed E-state index contributed by atoms with van der Waals surface area (Å²) in [6.45, 7) is 4.07. The van der Waals surface area contributed by atoms with Gasteiger partial charge in [0, 0.05) is 0 Å². The molecule has 2 fully saturated rings. The minimum Gasteiger partial charge on any atom is -0.390 e. The SMILES string of the molecule is CC1CCCC(O[C@H]2OC2C)C1O. The van der Waals surface area contributed by atoms with Crippen molar-refractivity contribution in [2.45, 2.75) is 57.7 Å². The molecule has 3 heteroatoms. The summed E-state index contributed by atoms with van der Waals surface area (Å²) in [5, 5.41) is 9.82. The maximum Gasteiger partial charge on any atom is 0.184 e. The molecule has 2 rings (SSSR count). The second-order valence-electron chi connectivity index (χ2n) is 4.28. The first-order chi connectivity index (χ1) is 6.18. The van der Waals surface area contributed by atoms with E-state index in [-0.39, 0.29) is 24.6 Å². The molecule has 2 aliphatic rings. The molecule has 0 amide bonds. The van der Waals surface area contributed by atoms with Crippen LogP contribution in [0.1, 0.15) is 33.1 Å². The topological polar surface area (TPSA) is 42.0 Å². The third-order valence-corrected chi connectivity index (χ3v) is 3.08. The molecule has 76 valence electrons. The first-order valence-corrected chi connectivity index (χ1v) is 5.17. The summed E-state index contributed by atoms with van der Waals surface area (Å²) in [5.41, 5.74) is 0. The van der Waals surface area contributed by atoms with E-state index in [9.17, 15) is 5.11 Å². The zero-order valence-electron chi connectivity index (χ0n) is 8.27. The van der Waals surface area contributed by atoms with Crippen molar-refractivity contribution < 1.29 is 14.6 Å². The van der Waals surface area contributed by atoms with Gasteiger partial charge in [0.1, 0.15) is 6.10 Å². The molecule has 0 bridgehead atoms. The van der Waals surface area contributed by atoms with Gasteiger partial charge in [-0.3, -0.25) is 0 Å². The number of rotatable bonds is 2. The Bertz CT molecular complexity index is 183. The van der Waals surface area contributed by atoms with E-state index in [1.807, 2.05) is 6.92 Å². The highest BCUT2D eigenvalue weighted by Crippen LogP contribution is 2.31. The molecule has 1 saturated heterocycles. The van der Waals surface area contributed by atoms with Crippen molar-refractivity contribution in [3.05, 3.63) is 0 Å². The van der Waals surface area contributed by atoms with Crippen LogP contribution >= 0.6 is 0 Å². The fourth-order valence-electron chi connectivity index (χ4n) is 1.98. The van der Waals surface area contributed by atoms with Gasteiger partial charge in [-0.25, -0.2) is 0 Å². The molecule has 1 saturated carbocycles. The van der Waals surface area contributed by atoms with E-state index in [1.54, 1.807) is 0 Å². The van der Waals surface area contributed by atoms with Gasteiger partial charge in [0.05, 0.1) is 12.2 Å². The van der Waals surface area contributed by atoms with Crippen molar-refractivity contribution in [1.82, 2.24) is 0 Å². The Morgan fingerprint density at radius 1 is 1.31 bits per heavy atom. The van der Waals surface area contributed by atoms with Gasteiger partial charge in [-0.1, -0.05) is 13.3 Å². The van der Waals surface area contributed by atoms with Crippen LogP contribution in [-0.4, -0.2) is 29.7 Å². The number of aliphatic hydroxyl groups excluding tert-OH is 1. The molecule has 0 aromatic carbocycles. The van der Waals surface area contributed by atoms with Crippen molar-refractivity contribution in [2.75, 3.05) is 0 Å². The molecule has 1 N–H and O–H groups in total. The van der Waals surface area contributed by atoms with E-state index in [1.165, 1.54) is 0 Å². The highest BCUT2D eigenvalue weighted by molar-refractivity contribution is 4.83. The van der Waals surface area contributed by atoms with Crippen LogP contribution in [0.5, 0.6) is 0 Å². The van der Waals surface area contributed by atoms with Crippen LogP contribution in [-0.2, 0) is 9.47 Å². The van der Waals surface area contributed by atoms with Gasteiger partial charge in [-0.15, -0.1) is 0 Å². The van der Waals surface area contributed by atoms with Gasteiger partial charge < -0.3 is 14.6 Å². The molecule has 0 aromatic rings. The van der Waals surface area contributed by atoms with Crippen LogP contribution in [0, 0.1) is 5.92 Å². The Hall–Kier alpha value is -0.120. The van der Waals surface area contributed by atoms with Crippen LogP contribution < -0.4 is 0 Å². The highest BCUT2D eigenvalue weighted by atomic mass is 16.8. The smallest absolute Gasteiger partial charge is 0.184 e. The minimum atomic E-state index is -0.301. The summed E-state index contributed by atoms with van der Waals surface area (Å²) in [5.74, 6) is 0.368. The summed E-state index contributed by atoms with van der Waals surface area (Å²) < 4.78 is 10.8. The van der Waals surface area contributed by atoms with Crippen LogP contribution in [0.15, 0.2) is 0 Å². The number of ether oxygens (including phenoxy) is 2. The quantitative estimate of drug-likeness (QED) is 0.661. The van der Waals surface area contributed by atoms with Crippen LogP contribution in [0.2, 0.25) is 0 Å². The fourth-order valence-corrected chi connectivity index (χ4v) is 1.98. The average molecular weight is 186 g/mol. The van der Waals surface area contributed by atoms with Crippen molar-refractivity contribution in [3.8, 4) is 0 Å². The predicted molar refractivity (Wildman–Crippen MR) is 48.2 cm³/mol. The molecule has 0 spiro atoms. The molecule has 1 heterocycles. The third-order valence-electron chi connectivity index (χ3n) is 3.08. The van der Waals surface area contributed by atoms with Crippen molar-refractivity contribution in [3.63, 3.8) is 0 Å². The molecule has 13 heavy (non-hydrogen) atoms. The zero-order chi connectivity index (χ0) is 9.42. The van der Waals surface area contributed by atoms with Gasteiger partial charge in [0.25, 0.3) is 0 Å². The summed E-state index contributed by atoms with van der Waals surface area (Å²) in [6, 6.07) is 0. The lowest BCUT2D eigenvalue weighted by atomic mass is 9.86. The molecule has 4 unspecified atom stereocenters. The van der Waals surface area contributed by atoms with Gasteiger partial charge in [0.2, 0.25) is 0 Å². The molecular weight excluding hydrogens is 168 g/mol. The lowest BCUT2D eigenvalue weighted by molar-refractivity contribution is -0.109. The Balaban J connectivity index is 1.83. The van der Waals surface area contributed by atoms with Gasteiger partial charge in [0.15, 0.2) is 6.29 Å². The molecule has 5 atom stereocenters. The average Bonchev–Trinajstić information content (AvgIpc) is 2.77. The van der Waals surface area contributed by atoms with E-state index in [4.69, 9.17) is 9.47 Å². The summed E-state index contributed by atoms with van der Waals surface area (Å²) >= 11 is 0. The van der Waals surface area contributed by atoms with Crippen molar-refractivity contribution in [2.24, 2.45) is 5.92 Å². The summed E-state index contributed by atoms with van der Waals surface area (Å²) in [4.78, 5) is 0. The van der Waals surface area contributed by atoms with E-state index >= 15 is 0 Å². The van der Waals surface area contributed by atoms with Gasteiger partial charge >= 0.3 is 0 Å². The second-order valence-corrected chi connectivity index (χ2v) is 4.28. The fraction of sp³-hybridized carbons (Fsp3) is 1.00. The van der Waals surface area contributed by atoms with Gasteiger partial charge in [-0.2, -0.15) is 0 Å². The summed E-state index contributed by atoms with van der Waals surface area (Å²) in [7, 11) is 0. The van der Waals surface area contributed by atoms with E-state index < -0.39 is 0 Å². The maximum atomic E-state index is 9.82. The number of aliphatic hydroxyl groups is 1. The van der Waals surface area contributed by atoms with E-state index in [0.29, 0.717) is 5.92 Å². The lowest BCUT2D eigenvalue weighted by Crippen LogP contribution is -2.38. The Kier molecular flexibility index (Phi) is 2.58. The predicted octanol–water partition coefficient (Wildman–Crippen LogP) is 1.30. The first-order valence-electron chi connectivity index (χ1n) is 5.17.